The summed E-state index contributed by atoms with van der Waals surface area (Å²) in [5.74, 6) is 0. The quantitative estimate of drug-likeness (QED) is 0.656. The molecule has 112 valence electrons. The largest absolute Gasteiger partial charge is 0.398 e. The van der Waals surface area contributed by atoms with Crippen LogP contribution in [-0.4, -0.2) is 52.7 Å². The van der Waals surface area contributed by atoms with Gasteiger partial charge >= 0.3 is 0 Å². The lowest BCUT2D eigenvalue weighted by Crippen LogP contribution is -2.43. The molecule has 0 radical (unpaired) electrons. The van der Waals surface area contributed by atoms with E-state index in [1.807, 2.05) is 0 Å². The van der Waals surface area contributed by atoms with Crippen molar-refractivity contribution in [2.75, 3.05) is 44.3 Å². The molecule has 1 fully saturated rings. The molecule has 7 nitrogen and oxygen atoms in total. The predicted molar refractivity (Wildman–Crippen MR) is 78.0 cm³/mol. The number of nitrogen functional groups attached to an aromatic ring is 1. The first-order chi connectivity index (χ1) is 9.36. The van der Waals surface area contributed by atoms with Gasteiger partial charge in [0.1, 0.15) is 4.90 Å². The molecule has 0 spiro atoms. The van der Waals surface area contributed by atoms with Crippen LogP contribution in [0.5, 0.6) is 0 Å². The number of sulfonamides is 1. The maximum Gasteiger partial charge on any atom is 0.240 e. The van der Waals surface area contributed by atoms with Crippen LogP contribution >= 0.6 is 0 Å². The minimum Gasteiger partial charge on any atom is -0.398 e. The van der Waals surface area contributed by atoms with E-state index >= 15 is 0 Å². The minimum atomic E-state index is -3.78. The van der Waals surface area contributed by atoms with E-state index in [0.717, 1.165) is 25.4 Å². The summed E-state index contributed by atoms with van der Waals surface area (Å²) in [5.41, 5.74) is 6.58. The lowest BCUT2D eigenvalue weighted by Gasteiger charge is -2.30. The summed E-state index contributed by atoms with van der Waals surface area (Å²) in [6, 6.07) is 4.61. The van der Waals surface area contributed by atoms with Gasteiger partial charge in [-0.05, 0) is 25.2 Å². The molecule has 1 saturated heterocycles. The average Bonchev–Trinajstić information content (AvgIpc) is 2.35. The van der Waals surface area contributed by atoms with Gasteiger partial charge in [-0.25, -0.2) is 13.6 Å². The number of hydrogen-bond acceptors (Lipinski definition) is 6. The summed E-state index contributed by atoms with van der Waals surface area (Å²) in [7, 11) is -1.73. The van der Waals surface area contributed by atoms with Gasteiger partial charge in [-0.1, -0.05) is 0 Å². The van der Waals surface area contributed by atoms with Crippen LogP contribution < -0.4 is 16.2 Å². The second-order valence-electron chi connectivity index (χ2n) is 4.93. The van der Waals surface area contributed by atoms with Gasteiger partial charge in [-0.2, -0.15) is 0 Å². The first kappa shape index (κ1) is 15.0. The maximum absolute atomic E-state index is 11.3. The minimum absolute atomic E-state index is 0.0586. The van der Waals surface area contributed by atoms with Crippen LogP contribution in [0.2, 0.25) is 0 Å². The van der Waals surface area contributed by atoms with Crippen molar-refractivity contribution in [2.45, 2.75) is 11.0 Å². The molecule has 0 saturated carbocycles. The van der Waals surface area contributed by atoms with Crippen LogP contribution in [0.15, 0.2) is 23.1 Å². The highest BCUT2D eigenvalue weighted by Crippen LogP contribution is 2.21. The molecule has 1 unspecified atom stereocenters. The number of hydrogen-bond donors (Lipinski definition) is 3. The van der Waals surface area contributed by atoms with Crippen molar-refractivity contribution in [3.05, 3.63) is 18.2 Å². The summed E-state index contributed by atoms with van der Waals surface area (Å²) in [4.78, 5) is 2.14. The lowest BCUT2D eigenvalue weighted by molar-refractivity contribution is -0.0117. The summed E-state index contributed by atoms with van der Waals surface area (Å²) >= 11 is 0. The van der Waals surface area contributed by atoms with Gasteiger partial charge in [0.25, 0.3) is 0 Å². The van der Waals surface area contributed by atoms with Gasteiger partial charge in [-0.3, -0.25) is 0 Å². The van der Waals surface area contributed by atoms with E-state index in [0.29, 0.717) is 6.54 Å². The van der Waals surface area contributed by atoms with Gasteiger partial charge in [0.2, 0.25) is 10.0 Å². The molecule has 1 aromatic carbocycles. The van der Waals surface area contributed by atoms with Crippen molar-refractivity contribution in [3.8, 4) is 0 Å². The number of ether oxygens (including phenoxy) is 1. The molecule has 2 rings (SSSR count). The molecular formula is C12H20N4O3S. The second kappa shape index (κ2) is 5.96. The molecule has 0 bridgehead atoms. The van der Waals surface area contributed by atoms with Gasteiger partial charge in [0.05, 0.1) is 18.4 Å². The summed E-state index contributed by atoms with van der Waals surface area (Å²) in [6.45, 7) is 3.15. The van der Waals surface area contributed by atoms with Crippen LogP contribution in [0.4, 0.5) is 11.4 Å². The van der Waals surface area contributed by atoms with Crippen molar-refractivity contribution in [3.63, 3.8) is 0 Å². The van der Waals surface area contributed by atoms with Crippen molar-refractivity contribution >= 4 is 21.4 Å². The monoisotopic (exact) mass is 300 g/mol. The van der Waals surface area contributed by atoms with Crippen LogP contribution in [0.1, 0.15) is 0 Å². The molecule has 8 heteroatoms. The number of primary sulfonamides is 1. The highest BCUT2D eigenvalue weighted by atomic mass is 32.2. The zero-order valence-corrected chi connectivity index (χ0v) is 12.2. The molecule has 1 aliphatic rings. The molecule has 1 heterocycles. The van der Waals surface area contributed by atoms with Crippen LogP contribution in [-0.2, 0) is 14.8 Å². The number of anilines is 2. The van der Waals surface area contributed by atoms with E-state index in [4.69, 9.17) is 15.6 Å². The first-order valence-corrected chi connectivity index (χ1v) is 7.87. The standard InChI is InChI=1S/C12H20N4O3S/c1-16-4-5-19-10(8-16)7-15-9-2-3-12(11(13)6-9)20(14,17)18/h2-3,6,10,15H,4-5,7-8,13H2,1H3,(H2,14,17,18). The second-order valence-corrected chi connectivity index (χ2v) is 6.46. The van der Waals surface area contributed by atoms with Crippen LogP contribution in [0, 0.1) is 0 Å². The SMILES string of the molecule is CN1CCOC(CNc2ccc(S(N)(=O)=O)c(N)c2)C1. The smallest absolute Gasteiger partial charge is 0.240 e. The fraction of sp³-hybridized carbons (Fsp3) is 0.500. The third-order valence-corrected chi connectivity index (χ3v) is 4.18. The Morgan fingerprint density at radius 3 is 2.85 bits per heavy atom. The topological polar surface area (TPSA) is 111 Å². The predicted octanol–water partition coefficient (Wildman–Crippen LogP) is -0.341. The van der Waals surface area contributed by atoms with Crippen molar-refractivity contribution < 1.29 is 13.2 Å². The molecule has 20 heavy (non-hydrogen) atoms. The van der Waals surface area contributed by atoms with Gasteiger partial charge in [0.15, 0.2) is 0 Å². The molecule has 5 N–H and O–H groups in total. The molecule has 0 amide bonds. The van der Waals surface area contributed by atoms with Crippen LogP contribution in [0.3, 0.4) is 0 Å². The average molecular weight is 300 g/mol. The van der Waals surface area contributed by atoms with E-state index in [9.17, 15) is 8.42 Å². The summed E-state index contributed by atoms with van der Waals surface area (Å²) < 4.78 is 28.1. The zero-order chi connectivity index (χ0) is 14.8. The third-order valence-electron chi connectivity index (χ3n) is 3.19. The number of morpholine rings is 1. The Balaban J connectivity index is 1.99. The number of likely N-dealkylation sites (N-methyl/N-ethyl adjacent to an activating group) is 1. The van der Waals surface area contributed by atoms with E-state index in [2.05, 4.69) is 17.3 Å². The van der Waals surface area contributed by atoms with Crippen molar-refractivity contribution in [1.29, 1.82) is 0 Å². The van der Waals surface area contributed by atoms with Gasteiger partial charge in [0, 0.05) is 25.3 Å². The highest BCUT2D eigenvalue weighted by Gasteiger charge is 2.17. The summed E-state index contributed by atoms with van der Waals surface area (Å²) in [6.07, 6.45) is 0.105. The molecule has 1 atom stereocenters. The molecule has 0 aliphatic carbocycles. The van der Waals surface area contributed by atoms with Gasteiger partial charge < -0.3 is 20.7 Å². The zero-order valence-electron chi connectivity index (χ0n) is 11.4. The molecule has 1 aromatic rings. The Labute approximate surface area is 118 Å². The number of nitrogens with zero attached hydrogens (tertiary/aromatic N) is 1. The summed E-state index contributed by atoms with van der Waals surface area (Å²) in [5, 5.41) is 8.25. The van der Waals surface area contributed by atoms with Crippen LogP contribution in [0.25, 0.3) is 0 Å². The van der Waals surface area contributed by atoms with E-state index in [-0.39, 0.29) is 16.7 Å². The van der Waals surface area contributed by atoms with E-state index < -0.39 is 10.0 Å². The number of benzene rings is 1. The van der Waals surface area contributed by atoms with Crippen molar-refractivity contribution in [2.24, 2.45) is 5.14 Å². The maximum atomic E-state index is 11.3. The fourth-order valence-corrected chi connectivity index (χ4v) is 2.78. The number of nitrogens with one attached hydrogen (secondary N) is 1. The Morgan fingerprint density at radius 1 is 1.50 bits per heavy atom. The third kappa shape index (κ3) is 3.83. The Morgan fingerprint density at radius 2 is 2.25 bits per heavy atom. The molecule has 1 aliphatic heterocycles. The fourth-order valence-electron chi connectivity index (χ4n) is 2.14. The molecule has 0 aromatic heterocycles. The van der Waals surface area contributed by atoms with E-state index in [1.165, 1.54) is 6.07 Å². The Kier molecular flexibility index (Phi) is 4.48. The van der Waals surface area contributed by atoms with Gasteiger partial charge in [-0.15, -0.1) is 0 Å². The Hall–Kier alpha value is -1.35. The van der Waals surface area contributed by atoms with E-state index in [1.54, 1.807) is 12.1 Å². The Bertz CT molecular complexity index is 576. The highest BCUT2D eigenvalue weighted by molar-refractivity contribution is 7.89. The lowest BCUT2D eigenvalue weighted by atomic mass is 10.2. The normalized spacial score (nSPS) is 20.8. The van der Waals surface area contributed by atoms with Crippen molar-refractivity contribution in [1.82, 2.24) is 4.90 Å². The number of rotatable bonds is 4. The first-order valence-electron chi connectivity index (χ1n) is 6.32. The molecular weight excluding hydrogens is 280 g/mol. The number of nitrogens with two attached hydrogens (primary N) is 2.